The normalized spacial score (nSPS) is 15.4. The molecule has 8 heterocycles. The summed E-state index contributed by atoms with van der Waals surface area (Å²) >= 11 is 12.2. The summed E-state index contributed by atoms with van der Waals surface area (Å²) in [5.41, 5.74) is 10.7. The van der Waals surface area contributed by atoms with Crippen LogP contribution in [-0.4, -0.2) is 77.3 Å². The molecule has 8 aromatic rings. The van der Waals surface area contributed by atoms with Crippen LogP contribution in [0.3, 0.4) is 0 Å². The summed E-state index contributed by atoms with van der Waals surface area (Å²) in [4.78, 5) is 49.6. The first-order valence-electron chi connectivity index (χ1n) is 21.8. The first kappa shape index (κ1) is 49.6. The van der Waals surface area contributed by atoms with Gasteiger partial charge in [0, 0.05) is 46.0 Å². The average molecular weight is 1030 g/mol. The lowest BCUT2D eigenvalue weighted by Gasteiger charge is -2.35. The number of amides is 2. The Morgan fingerprint density at radius 1 is 0.681 bits per heavy atom. The van der Waals surface area contributed by atoms with Crippen molar-refractivity contribution in [2.45, 2.75) is 91.5 Å². The molecule has 0 atom stereocenters. The number of fused-ring (bicyclic) bond motifs is 4. The summed E-state index contributed by atoms with van der Waals surface area (Å²) in [5.74, 6) is -0.782. The summed E-state index contributed by atoms with van der Waals surface area (Å²) < 4.78 is 40.8. The van der Waals surface area contributed by atoms with E-state index in [1.54, 1.807) is 80.2 Å². The maximum absolute atomic E-state index is 15.0. The number of nitrogens with zero attached hydrogens (tertiary/aromatic N) is 6. The Hall–Kier alpha value is -5.79. The minimum atomic E-state index is -0.561. The summed E-state index contributed by atoms with van der Waals surface area (Å²) in [5, 5.41) is 5.77. The summed E-state index contributed by atoms with van der Waals surface area (Å²) in [6, 6.07) is 14.7. The number of anilines is 3. The lowest BCUT2D eigenvalue weighted by atomic mass is 9.94. The number of hydrogen-bond acceptors (Lipinski definition) is 14. The SMILES string of the molecule is CC(C)(C)OC(=O)N1CC=C(c2cc3c(Cl)ccnc3s2)C1(C)C.CC(C)(C)OC(=O)N1CC=C(c2cc3c(Nc4ccc5scnc5c4F)ccnc3s2)C1(C)C.Nc1ccc2scnc2c1F. The number of nitrogen functional groups attached to an aromatic ring is 1. The van der Waals surface area contributed by atoms with Crippen LogP contribution in [0.15, 0.2) is 84.1 Å². The molecule has 69 heavy (non-hydrogen) atoms. The number of pyridine rings is 2. The van der Waals surface area contributed by atoms with Crippen LogP contribution in [0.5, 0.6) is 0 Å². The van der Waals surface area contributed by atoms with Crippen LogP contribution in [0.4, 0.5) is 35.4 Å². The smallest absolute Gasteiger partial charge is 0.411 e. The van der Waals surface area contributed by atoms with Crippen molar-refractivity contribution in [2.24, 2.45) is 0 Å². The van der Waals surface area contributed by atoms with Crippen LogP contribution in [-0.2, 0) is 9.47 Å². The van der Waals surface area contributed by atoms with Crippen LogP contribution in [0.25, 0.3) is 52.0 Å². The number of nitrogens with two attached hydrogens (primary N) is 1. The van der Waals surface area contributed by atoms with Gasteiger partial charge in [0.25, 0.3) is 0 Å². The van der Waals surface area contributed by atoms with Gasteiger partial charge in [-0.25, -0.2) is 38.3 Å². The molecule has 12 nitrogen and oxygen atoms in total. The third kappa shape index (κ3) is 10.3. The lowest BCUT2D eigenvalue weighted by molar-refractivity contribution is 0.0160. The van der Waals surface area contributed by atoms with E-state index in [1.165, 1.54) is 22.7 Å². The van der Waals surface area contributed by atoms with E-state index >= 15 is 0 Å². The van der Waals surface area contributed by atoms with Crippen molar-refractivity contribution in [1.29, 1.82) is 0 Å². The van der Waals surface area contributed by atoms with Gasteiger partial charge in [0.2, 0.25) is 0 Å². The maximum atomic E-state index is 15.0. The molecule has 0 saturated carbocycles. The van der Waals surface area contributed by atoms with E-state index < -0.39 is 28.1 Å². The Balaban J connectivity index is 0.000000158. The van der Waals surface area contributed by atoms with Crippen LogP contribution in [0.2, 0.25) is 5.02 Å². The molecule has 2 aromatic carbocycles. The monoisotopic (exact) mass is 1030 g/mol. The van der Waals surface area contributed by atoms with Gasteiger partial charge in [-0.2, -0.15) is 0 Å². The van der Waals surface area contributed by atoms with E-state index in [4.69, 9.17) is 26.8 Å². The summed E-state index contributed by atoms with van der Waals surface area (Å²) in [6.07, 6.45) is 6.95. The van der Waals surface area contributed by atoms with Crippen molar-refractivity contribution in [1.82, 2.24) is 29.7 Å². The van der Waals surface area contributed by atoms with Crippen molar-refractivity contribution < 1.29 is 27.8 Å². The van der Waals surface area contributed by atoms with Crippen molar-refractivity contribution >= 4 is 138 Å². The Bertz CT molecular complexity index is 3330. The Labute approximate surface area is 419 Å². The molecule has 3 N–H and O–H groups in total. The fraction of sp³-hybridized carbons (Fsp3) is 0.320. The van der Waals surface area contributed by atoms with Gasteiger partial charge in [-0.3, -0.25) is 9.80 Å². The van der Waals surface area contributed by atoms with Crippen molar-refractivity contribution in [3.8, 4) is 0 Å². The molecular formula is C50H51ClF2N8O4S4. The van der Waals surface area contributed by atoms with Gasteiger partial charge in [0.1, 0.15) is 31.9 Å². The van der Waals surface area contributed by atoms with Crippen molar-refractivity contribution in [3.05, 3.63) is 111 Å². The van der Waals surface area contributed by atoms with Crippen LogP contribution in [0, 0.1) is 11.6 Å². The highest BCUT2D eigenvalue weighted by Crippen LogP contribution is 2.45. The van der Waals surface area contributed by atoms with Crippen LogP contribution in [0.1, 0.15) is 79.0 Å². The highest BCUT2D eigenvalue weighted by atomic mass is 35.5. The predicted molar refractivity (Wildman–Crippen MR) is 281 cm³/mol. The van der Waals surface area contributed by atoms with Crippen LogP contribution < -0.4 is 11.1 Å². The molecular weight excluding hydrogens is 978 g/mol. The number of carbonyl (C=O) groups is 2. The minimum Gasteiger partial charge on any atom is -0.444 e. The zero-order valence-electron chi connectivity index (χ0n) is 39.7. The number of ether oxygens (including phenoxy) is 2. The van der Waals surface area contributed by atoms with E-state index in [2.05, 4.69) is 49.5 Å². The topological polar surface area (TPSA) is 149 Å². The number of halogens is 3. The molecule has 10 rings (SSSR count). The van der Waals surface area contributed by atoms with Gasteiger partial charge in [-0.05, 0) is 129 Å². The molecule has 0 unspecified atom stereocenters. The first-order valence-corrected chi connectivity index (χ1v) is 25.6. The molecule has 19 heteroatoms. The largest absolute Gasteiger partial charge is 0.444 e. The van der Waals surface area contributed by atoms with E-state index in [-0.39, 0.29) is 23.7 Å². The van der Waals surface area contributed by atoms with Gasteiger partial charge in [-0.1, -0.05) is 23.8 Å². The number of rotatable bonds is 4. The van der Waals surface area contributed by atoms with E-state index in [1.807, 2.05) is 81.4 Å². The highest BCUT2D eigenvalue weighted by molar-refractivity contribution is 7.20. The molecule has 0 spiro atoms. The molecule has 0 aliphatic carbocycles. The number of hydrogen-bond donors (Lipinski definition) is 2. The molecule has 0 radical (unpaired) electrons. The zero-order valence-corrected chi connectivity index (χ0v) is 43.7. The molecule has 0 fully saturated rings. The number of thiophene rings is 2. The Kier molecular flexibility index (Phi) is 13.6. The van der Waals surface area contributed by atoms with Crippen LogP contribution >= 0.6 is 56.9 Å². The fourth-order valence-corrected chi connectivity index (χ4v) is 12.0. The second kappa shape index (κ2) is 18.8. The van der Waals surface area contributed by atoms with E-state index in [0.29, 0.717) is 34.8 Å². The van der Waals surface area contributed by atoms with Gasteiger partial charge in [0.15, 0.2) is 11.6 Å². The second-order valence-electron chi connectivity index (χ2n) is 19.3. The fourth-order valence-electron chi connectivity index (χ4n) is 7.93. The molecule has 0 saturated heterocycles. The van der Waals surface area contributed by atoms with Crippen molar-refractivity contribution in [2.75, 3.05) is 24.1 Å². The van der Waals surface area contributed by atoms with E-state index in [0.717, 1.165) is 56.4 Å². The summed E-state index contributed by atoms with van der Waals surface area (Å²) in [7, 11) is 0. The number of aromatic nitrogens is 4. The van der Waals surface area contributed by atoms with Gasteiger partial charge < -0.3 is 20.5 Å². The Morgan fingerprint density at radius 3 is 1.68 bits per heavy atom. The number of thiazole rings is 2. The average Bonchev–Trinajstić information content (AvgIpc) is 4.12. The molecule has 2 aliphatic rings. The number of benzene rings is 2. The van der Waals surface area contributed by atoms with Crippen molar-refractivity contribution in [3.63, 3.8) is 0 Å². The summed E-state index contributed by atoms with van der Waals surface area (Å²) in [6.45, 7) is 20.3. The Morgan fingerprint density at radius 2 is 1.16 bits per heavy atom. The minimum absolute atomic E-state index is 0.156. The molecule has 6 aromatic heterocycles. The standard InChI is InChI=1S/C25H25FN4O2S2.C18H21ClN2O2S.C7H5FN2S/c1-24(2,3)32-23(31)30-11-9-15(25(30,4)5)19-12-14-16(8-10-27-22(14)34-19)29-17-6-7-18-21(20(17)26)28-13-33-18;1-17(2,3)23-16(22)21-9-7-12(18(21,4)5)14-10-11-13(19)6-8-20-15(11)24-14;8-6-4(9)1-2-5-7(6)10-3-11-5/h6-10,12-13H,11H2,1-5H3,(H,27,29);6-8,10H,9H2,1-5H3;1-3H,9H2. The quantitative estimate of drug-likeness (QED) is 0.163. The van der Waals surface area contributed by atoms with Gasteiger partial charge in [0.05, 0.1) is 53.6 Å². The first-order chi connectivity index (χ1) is 32.4. The van der Waals surface area contributed by atoms with Gasteiger partial charge >= 0.3 is 12.2 Å². The second-order valence-corrected chi connectivity index (χ2v) is 23.5. The number of nitrogens with one attached hydrogen (secondary N) is 1. The molecule has 2 aliphatic heterocycles. The highest BCUT2D eigenvalue weighted by Gasteiger charge is 2.43. The predicted octanol–water partition coefficient (Wildman–Crippen LogP) is 14.6. The third-order valence-electron chi connectivity index (χ3n) is 11.4. The zero-order chi connectivity index (χ0) is 49.8. The van der Waals surface area contributed by atoms with Gasteiger partial charge in [-0.15, -0.1) is 45.3 Å². The lowest BCUT2D eigenvalue weighted by Crippen LogP contribution is -2.46. The molecule has 0 bridgehead atoms. The number of carbonyl (C=O) groups excluding carboxylic acids is 2. The van der Waals surface area contributed by atoms with E-state index in [9.17, 15) is 18.4 Å². The third-order valence-corrected chi connectivity index (χ3v) is 15.5. The molecule has 2 amide bonds. The maximum Gasteiger partial charge on any atom is 0.411 e. The molecule has 360 valence electrons.